The van der Waals surface area contributed by atoms with E-state index in [4.69, 9.17) is 21.3 Å². The molecule has 2 aromatic heterocycles. The molecule has 0 bridgehead atoms. The first-order valence-corrected chi connectivity index (χ1v) is 8.98. The van der Waals surface area contributed by atoms with Crippen molar-refractivity contribution in [1.29, 1.82) is 0 Å². The number of ether oxygens (including phenoxy) is 1. The van der Waals surface area contributed by atoms with Gasteiger partial charge in [-0.05, 0) is 41.9 Å². The van der Waals surface area contributed by atoms with Gasteiger partial charge in [0.2, 0.25) is 5.28 Å². The summed E-state index contributed by atoms with van der Waals surface area (Å²) in [5.41, 5.74) is 2.31. The van der Waals surface area contributed by atoms with Gasteiger partial charge in [-0.1, -0.05) is 11.3 Å². The molecule has 3 aromatic rings. The van der Waals surface area contributed by atoms with Crippen LogP contribution >= 0.6 is 22.9 Å². The van der Waals surface area contributed by atoms with Gasteiger partial charge in [0.25, 0.3) is 0 Å². The van der Waals surface area contributed by atoms with Crippen molar-refractivity contribution in [3.63, 3.8) is 0 Å². The SMILES string of the molecule is Fc1ccc(-c2nc(N3CCOCC3)sc2-c2ccnc(Cl)n2)cc1. The number of benzene rings is 1. The highest BCUT2D eigenvalue weighted by molar-refractivity contribution is 7.19. The molecule has 0 aliphatic carbocycles. The van der Waals surface area contributed by atoms with Crippen LogP contribution in [0.5, 0.6) is 0 Å². The Morgan fingerprint density at radius 2 is 1.84 bits per heavy atom. The Hall–Kier alpha value is -2.09. The molecule has 1 saturated heterocycles. The van der Waals surface area contributed by atoms with Crippen LogP contribution in [-0.4, -0.2) is 41.3 Å². The van der Waals surface area contributed by atoms with Gasteiger partial charge in [-0.25, -0.2) is 19.3 Å². The lowest BCUT2D eigenvalue weighted by atomic mass is 10.1. The van der Waals surface area contributed by atoms with Gasteiger partial charge in [-0.3, -0.25) is 0 Å². The third-order valence-corrected chi connectivity index (χ3v) is 5.19. The van der Waals surface area contributed by atoms with Gasteiger partial charge < -0.3 is 9.64 Å². The van der Waals surface area contributed by atoms with E-state index in [9.17, 15) is 4.39 Å². The minimum absolute atomic E-state index is 0.184. The van der Waals surface area contributed by atoms with Crippen molar-refractivity contribution in [1.82, 2.24) is 15.0 Å². The summed E-state index contributed by atoms with van der Waals surface area (Å²) >= 11 is 7.50. The second kappa shape index (κ2) is 7.03. The van der Waals surface area contributed by atoms with E-state index in [0.29, 0.717) is 18.9 Å². The highest BCUT2D eigenvalue weighted by Crippen LogP contribution is 2.39. The zero-order valence-corrected chi connectivity index (χ0v) is 14.7. The predicted octanol–water partition coefficient (Wildman–Crippen LogP) is 3.90. The number of thiazole rings is 1. The fourth-order valence-electron chi connectivity index (χ4n) is 2.64. The minimum atomic E-state index is -0.279. The van der Waals surface area contributed by atoms with Crippen LogP contribution in [0.25, 0.3) is 21.8 Å². The first-order valence-electron chi connectivity index (χ1n) is 7.79. The van der Waals surface area contributed by atoms with E-state index in [1.807, 2.05) is 0 Å². The third kappa shape index (κ3) is 3.49. The maximum absolute atomic E-state index is 13.3. The largest absolute Gasteiger partial charge is 0.378 e. The Labute approximate surface area is 153 Å². The molecule has 0 N–H and O–H groups in total. The average molecular weight is 377 g/mol. The Morgan fingerprint density at radius 3 is 2.56 bits per heavy atom. The molecule has 5 nitrogen and oxygen atoms in total. The van der Waals surface area contributed by atoms with Crippen LogP contribution < -0.4 is 4.90 Å². The first-order chi connectivity index (χ1) is 12.2. The van der Waals surface area contributed by atoms with Gasteiger partial charge in [0, 0.05) is 24.8 Å². The molecule has 0 saturated carbocycles. The zero-order valence-electron chi connectivity index (χ0n) is 13.2. The predicted molar refractivity (Wildman–Crippen MR) is 96.6 cm³/mol. The van der Waals surface area contributed by atoms with Crippen molar-refractivity contribution >= 4 is 28.1 Å². The van der Waals surface area contributed by atoms with E-state index >= 15 is 0 Å². The van der Waals surface area contributed by atoms with E-state index in [1.54, 1.807) is 35.7 Å². The summed E-state index contributed by atoms with van der Waals surface area (Å²) in [5, 5.41) is 1.08. The van der Waals surface area contributed by atoms with Crippen LogP contribution in [0.1, 0.15) is 0 Å². The topological polar surface area (TPSA) is 51.1 Å². The molecule has 0 unspecified atom stereocenters. The lowest BCUT2D eigenvalue weighted by Gasteiger charge is -2.26. The number of aromatic nitrogens is 3. The summed E-state index contributed by atoms with van der Waals surface area (Å²) in [5.74, 6) is -0.279. The van der Waals surface area contributed by atoms with E-state index < -0.39 is 0 Å². The molecule has 0 atom stereocenters. The van der Waals surface area contributed by atoms with Gasteiger partial charge in [0.15, 0.2) is 5.13 Å². The number of morpholine rings is 1. The summed E-state index contributed by atoms with van der Waals surface area (Å²) in [6, 6.07) is 8.11. The van der Waals surface area contributed by atoms with Gasteiger partial charge in [0.1, 0.15) is 5.82 Å². The third-order valence-electron chi connectivity index (χ3n) is 3.87. The first kappa shape index (κ1) is 16.4. The van der Waals surface area contributed by atoms with E-state index in [2.05, 4.69) is 14.9 Å². The van der Waals surface area contributed by atoms with Gasteiger partial charge in [-0.2, -0.15) is 0 Å². The molecular formula is C17H14ClFN4OS. The van der Waals surface area contributed by atoms with Crippen LogP contribution in [-0.2, 0) is 4.74 Å². The molecule has 0 spiro atoms. The lowest BCUT2D eigenvalue weighted by Crippen LogP contribution is -2.36. The maximum Gasteiger partial charge on any atom is 0.222 e. The molecule has 0 amide bonds. The molecular weight excluding hydrogens is 363 g/mol. The molecule has 4 rings (SSSR count). The average Bonchev–Trinajstić information content (AvgIpc) is 3.08. The highest BCUT2D eigenvalue weighted by atomic mass is 35.5. The smallest absolute Gasteiger partial charge is 0.222 e. The summed E-state index contributed by atoms with van der Waals surface area (Å²) in [6.07, 6.45) is 1.62. The number of anilines is 1. The summed E-state index contributed by atoms with van der Waals surface area (Å²) in [6.45, 7) is 2.95. The van der Waals surface area contributed by atoms with Crippen LogP contribution in [0.2, 0.25) is 5.28 Å². The minimum Gasteiger partial charge on any atom is -0.378 e. The van der Waals surface area contributed by atoms with E-state index in [1.165, 1.54) is 12.1 Å². The molecule has 1 aliphatic heterocycles. The van der Waals surface area contributed by atoms with E-state index in [-0.39, 0.29) is 11.1 Å². The molecule has 8 heteroatoms. The second-order valence-corrected chi connectivity index (χ2v) is 6.81. The molecule has 0 radical (unpaired) electrons. The van der Waals surface area contributed by atoms with Crippen molar-refractivity contribution in [2.24, 2.45) is 0 Å². The molecule has 1 fully saturated rings. The standard InChI is InChI=1S/C17H14ClFN4OS/c18-16-20-6-5-13(21-16)15-14(11-1-3-12(19)4-2-11)22-17(25-15)23-7-9-24-10-8-23/h1-6H,7-10H2. The van der Waals surface area contributed by atoms with Crippen molar-refractivity contribution < 1.29 is 9.13 Å². The molecule has 3 heterocycles. The Balaban J connectivity index is 1.82. The van der Waals surface area contributed by atoms with Crippen molar-refractivity contribution in [3.8, 4) is 21.8 Å². The molecule has 25 heavy (non-hydrogen) atoms. The van der Waals surface area contributed by atoms with Crippen molar-refractivity contribution in [2.75, 3.05) is 31.2 Å². The van der Waals surface area contributed by atoms with Crippen LogP contribution in [0.15, 0.2) is 36.5 Å². The summed E-state index contributed by atoms with van der Waals surface area (Å²) in [7, 11) is 0. The normalized spacial score (nSPS) is 14.7. The number of hydrogen-bond donors (Lipinski definition) is 0. The fraction of sp³-hybridized carbons (Fsp3) is 0.235. The number of rotatable bonds is 3. The maximum atomic E-state index is 13.3. The van der Waals surface area contributed by atoms with Crippen molar-refractivity contribution in [3.05, 3.63) is 47.6 Å². The second-order valence-electron chi connectivity index (χ2n) is 5.49. The molecule has 1 aromatic carbocycles. The monoisotopic (exact) mass is 376 g/mol. The molecule has 1 aliphatic rings. The highest BCUT2D eigenvalue weighted by Gasteiger charge is 2.21. The Kier molecular flexibility index (Phi) is 4.61. The Morgan fingerprint density at radius 1 is 1.08 bits per heavy atom. The lowest BCUT2D eigenvalue weighted by molar-refractivity contribution is 0.122. The van der Waals surface area contributed by atoms with E-state index in [0.717, 1.165) is 34.4 Å². The number of halogens is 2. The number of nitrogens with zero attached hydrogens (tertiary/aromatic N) is 4. The summed E-state index contributed by atoms with van der Waals surface area (Å²) < 4.78 is 18.7. The van der Waals surface area contributed by atoms with Gasteiger partial charge >= 0.3 is 0 Å². The van der Waals surface area contributed by atoms with Gasteiger partial charge in [-0.15, -0.1) is 0 Å². The van der Waals surface area contributed by atoms with Crippen LogP contribution in [0, 0.1) is 5.82 Å². The number of hydrogen-bond acceptors (Lipinski definition) is 6. The van der Waals surface area contributed by atoms with Crippen LogP contribution in [0.4, 0.5) is 9.52 Å². The quantitative estimate of drug-likeness (QED) is 0.649. The summed E-state index contributed by atoms with van der Waals surface area (Å²) in [4.78, 5) is 16.1. The zero-order chi connectivity index (χ0) is 17.2. The van der Waals surface area contributed by atoms with Crippen LogP contribution in [0.3, 0.4) is 0 Å². The van der Waals surface area contributed by atoms with Crippen molar-refractivity contribution in [2.45, 2.75) is 0 Å². The molecule has 128 valence electrons. The van der Waals surface area contributed by atoms with Gasteiger partial charge in [0.05, 0.1) is 29.5 Å². The fourth-order valence-corrected chi connectivity index (χ4v) is 3.89. The Bertz CT molecular complexity index is 881.